The van der Waals surface area contributed by atoms with Crippen molar-refractivity contribution in [1.82, 2.24) is 15.1 Å². The van der Waals surface area contributed by atoms with E-state index in [-0.39, 0.29) is 18.2 Å². The first-order chi connectivity index (χ1) is 15.0. The molecule has 0 spiro atoms. The number of amides is 1. The highest BCUT2D eigenvalue weighted by atomic mass is 32.1. The molecule has 2 unspecified atom stereocenters. The van der Waals surface area contributed by atoms with Crippen LogP contribution < -0.4 is 14.8 Å². The number of hydrogen-bond acceptors (Lipinski definition) is 5. The lowest BCUT2D eigenvalue weighted by molar-refractivity contribution is 0.112. The zero-order valence-electron chi connectivity index (χ0n) is 19.1. The number of thiocarbonyl (C=S) groups is 1. The lowest BCUT2D eigenvalue weighted by Gasteiger charge is -2.40. The molecular weight excluding hydrogens is 414 g/mol. The van der Waals surface area contributed by atoms with Crippen molar-refractivity contribution in [3.63, 3.8) is 0 Å². The zero-order chi connectivity index (χ0) is 22.4. The first kappa shape index (κ1) is 23.4. The van der Waals surface area contributed by atoms with Crippen molar-refractivity contribution in [3.8, 4) is 11.5 Å². The van der Waals surface area contributed by atoms with E-state index in [0.717, 1.165) is 67.5 Å². The van der Waals surface area contributed by atoms with Crippen LogP contribution in [-0.4, -0.2) is 73.5 Å². The van der Waals surface area contributed by atoms with Crippen molar-refractivity contribution in [3.05, 3.63) is 23.8 Å². The van der Waals surface area contributed by atoms with Gasteiger partial charge in [-0.15, -0.1) is 0 Å². The molecule has 1 aromatic carbocycles. The number of methoxy groups -OCH3 is 2. The minimum atomic E-state index is -0.156. The molecule has 31 heavy (non-hydrogen) atoms. The summed E-state index contributed by atoms with van der Waals surface area (Å²) in [4.78, 5) is 16.5. The third-order valence-electron chi connectivity index (χ3n) is 6.55. The molecule has 2 atom stereocenters. The molecule has 8 heteroatoms. The summed E-state index contributed by atoms with van der Waals surface area (Å²) in [5.41, 5.74) is 1.08. The molecule has 1 N–H and O–H groups in total. The third kappa shape index (κ3) is 5.53. The maximum Gasteiger partial charge on any atom is 0.410 e. The van der Waals surface area contributed by atoms with Gasteiger partial charge < -0.3 is 24.4 Å². The van der Waals surface area contributed by atoms with Crippen molar-refractivity contribution in [2.45, 2.75) is 51.6 Å². The molecule has 2 heterocycles. The molecule has 1 amide bonds. The van der Waals surface area contributed by atoms with Crippen LogP contribution in [0.2, 0.25) is 0 Å². The van der Waals surface area contributed by atoms with Crippen molar-refractivity contribution in [2.24, 2.45) is 5.92 Å². The number of carbonyl (C=O) groups excluding carboxylic acids is 1. The summed E-state index contributed by atoms with van der Waals surface area (Å²) in [6, 6.07) is 6.24. The molecule has 0 saturated carbocycles. The van der Waals surface area contributed by atoms with Crippen LogP contribution in [0.1, 0.15) is 38.7 Å². The van der Waals surface area contributed by atoms with E-state index in [1.54, 1.807) is 14.2 Å². The molecule has 2 fully saturated rings. The first-order valence-electron chi connectivity index (χ1n) is 11.2. The highest BCUT2D eigenvalue weighted by Gasteiger charge is 2.41. The summed E-state index contributed by atoms with van der Waals surface area (Å²) in [7, 11) is 3.34. The molecular formula is C23H35N3O4S. The van der Waals surface area contributed by atoms with E-state index in [1.807, 2.05) is 23.1 Å². The number of piperidine rings is 1. The molecule has 172 valence electrons. The summed E-state index contributed by atoms with van der Waals surface area (Å²) in [6.45, 7) is 7.29. The fourth-order valence-corrected chi connectivity index (χ4v) is 4.70. The summed E-state index contributed by atoms with van der Waals surface area (Å²) in [5.74, 6) is 2.11. The van der Waals surface area contributed by atoms with Crippen LogP contribution in [0.4, 0.5) is 4.79 Å². The maximum atomic E-state index is 12.3. The largest absolute Gasteiger partial charge is 0.497 e. The van der Waals surface area contributed by atoms with Gasteiger partial charge in [-0.3, -0.25) is 4.90 Å². The fraction of sp³-hybridized carbons (Fsp3) is 0.652. The van der Waals surface area contributed by atoms with Crippen molar-refractivity contribution in [2.75, 3.05) is 40.5 Å². The van der Waals surface area contributed by atoms with Gasteiger partial charge >= 0.3 is 6.09 Å². The number of rotatable bonds is 8. The van der Waals surface area contributed by atoms with E-state index in [2.05, 4.69) is 24.1 Å². The maximum absolute atomic E-state index is 12.3. The van der Waals surface area contributed by atoms with Crippen molar-refractivity contribution in [1.29, 1.82) is 0 Å². The van der Waals surface area contributed by atoms with E-state index in [4.69, 9.17) is 26.4 Å². The van der Waals surface area contributed by atoms with Gasteiger partial charge in [0.15, 0.2) is 5.11 Å². The number of nitrogens with one attached hydrogen (secondary N) is 1. The Labute approximate surface area is 191 Å². The Bertz CT molecular complexity index is 767. The standard InChI is InChI=1S/C23H35N3O4S/c1-5-16(2)20-15-30-23(27)26(20)18-9-12-25(13-10-18)22(31)24-11-8-17-14-19(28-3)6-7-21(17)29-4/h6-7,14,16,18,20H,5,8-13,15H2,1-4H3,(H,24,31). The van der Waals surface area contributed by atoms with Crippen LogP contribution in [0.15, 0.2) is 18.2 Å². The molecule has 2 aliphatic rings. The molecule has 0 radical (unpaired) electrons. The highest BCUT2D eigenvalue weighted by molar-refractivity contribution is 7.80. The van der Waals surface area contributed by atoms with Gasteiger partial charge in [0.2, 0.25) is 0 Å². The van der Waals surface area contributed by atoms with E-state index in [1.165, 1.54) is 0 Å². The third-order valence-corrected chi connectivity index (χ3v) is 6.95. The Kier molecular flexibility index (Phi) is 8.23. The molecule has 2 aliphatic heterocycles. The second-order valence-corrected chi connectivity index (χ2v) is 8.70. The summed E-state index contributed by atoms with van der Waals surface area (Å²) in [6.07, 6.45) is 3.49. The van der Waals surface area contributed by atoms with Crippen LogP contribution in [-0.2, 0) is 11.2 Å². The molecule has 3 rings (SSSR count). The minimum Gasteiger partial charge on any atom is -0.497 e. The molecule has 0 aromatic heterocycles. The van der Waals surface area contributed by atoms with E-state index in [0.29, 0.717) is 12.5 Å². The second-order valence-electron chi connectivity index (χ2n) is 8.31. The number of carbonyl (C=O) groups is 1. The first-order valence-corrected chi connectivity index (χ1v) is 11.6. The van der Waals surface area contributed by atoms with Gasteiger partial charge in [-0.1, -0.05) is 20.3 Å². The topological polar surface area (TPSA) is 63.3 Å². The minimum absolute atomic E-state index is 0.156. The quantitative estimate of drug-likeness (QED) is 0.610. The van der Waals surface area contributed by atoms with Gasteiger partial charge in [-0.05, 0) is 61.2 Å². The van der Waals surface area contributed by atoms with Gasteiger partial charge in [-0.2, -0.15) is 0 Å². The van der Waals surface area contributed by atoms with E-state index in [9.17, 15) is 4.79 Å². The van der Waals surface area contributed by atoms with E-state index < -0.39 is 0 Å². The van der Waals surface area contributed by atoms with E-state index >= 15 is 0 Å². The number of hydrogen-bond donors (Lipinski definition) is 1. The van der Waals surface area contributed by atoms with Crippen LogP contribution in [0.3, 0.4) is 0 Å². The Morgan fingerprint density at radius 1 is 1.29 bits per heavy atom. The molecule has 7 nitrogen and oxygen atoms in total. The normalized spacial score (nSPS) is 20.4. The number of ether oxygens (including phenoxy) is 3. The lowest BCUT2D eigenvalue weighted by Crippen LogP contribution is -2.52. The SMILES string of the molecule is CCC(C)C1COC(=O)N1C1CCN(C(=S)NCCc2cc(OC)ccc2OC)CC1. The van der Waals surface area contributed by atoms with Gasteiger partial charge in [0, 0.05) is 25.7 Å². The Morgan fingerprint density at radius 3 is 2.68 bits per heavy atom. The van der Waals surface area contributed by atoms with Crippen molar-refractivity contribution >= 4 is 23.4 Å². The van der Waals surface area contributed by atoms with Crippen LogP contribution in [0, 0.1) is 5.92 Å². The Hall–Kier alpha value is -2.22. The average Bonchev–Trinajstić information content (AvgIpc) is 3.19. The molecule has 0 bridgehead atoms. The summed E-state index contributed by atoms with van der Waals surface area (Å²) >= 11 is 5.63. The summed E-state index contributed by atoms with van der Waals surface area (Å²) < 4.78 is 16.1. The Balaban J connectivity index is 1.48. The molecule has 0 aliphatic carbocycles. The zero-order valence-corrected chi connectivity index (χ0v) is 19.9. The number of cyclic esters (lactones) is 1. The predicted molar refractivity (Wildman–Crippen MR) is 125 cm³/mol. The van der Waals surface area contributed by atoms with Crippen LogP contribution in [0.25, 0.3) is 0 Å². The molecule has 1 aromatic rings. The number of nitrogens with zero attached hydrogens (tertiary/aromatic N) is 2. The smallest absolute Gasteiger partial charge is 0.410 e. The summed E-state index contributed by atoms with van der Waals surface area (Å²) in [5, 5.41) is 4.14. The number of likely N-dealkylation sites (tertiary alicyclic amines) is 1. The van der Waals surface area contributed by atoms with Crippen molar-refractivity contribution < 1.29 is 19.0 Å². The number of benzene rings is 1. The second kappa shape index (κ2) is 10.9. The van der Waals surface area contributed by atoms with Gasteiger partial charge in [0.25, 0.3) is 0 Å². The highest BCUT2D eigenvalue weighted by Crippen LogP contribution is 2.29. The average molecular weight is 450 g/mol. The van der Waals surface area contributed by atoms with Gasteiger partial charge in [0.1, 0.15) is 18.1 Å². The lowest BCUT2D eigenvalue weighted by atomic mass is 9.95. The predicted octanol–water partition coefficient (Wildman–Crippen LogP) is 3.45. The van der Waals surface area contributed by atoms with Gasteiger partial charge in [0.05, 0.1) is 20.3 Å². The Morgan fingerprint density at radius 2 is 2.03 bits per heavy atom. The fourth-order valence-electron chi connectivity index (χ4n) is 4.42. The van der Waals surface area contributed by atoms with Crippen LogP contribution in [0.5, 0.6) is 11.5 Å². The van der Waals surface area contributed by atoms with Gasteiger partial charge in [-0.25, -0.2) is 4.79 Å². The molecule has 2 saturated heterocycles. The van der Waals surface area contributed by atoms with Crippen LogP contribution >= 0.6 is 12.2 Å². The monoisotopic (exact) mass is 449 g/mol.